The molecule has 2 N–H and O–H groups in total. The first kappa shape index (κ1) is 16.9. The molecule has 3 rings (SSSR count). The van der Waals surface area contributed by atoms with E-state index in [4.69, 9.17) is 4.42 Å². The Labute approximate surface area is 143 Å². The van der Waals surface area contributed by atoms with Crippen LogP contribution in [0.1, 0.15) is 10.4 Å². The van der Waals surface area contributed by atoms with Crippen LogP contribution in [0.25, 0.3) is 11.3 Å². The third kappa shape index (κ3) is 3.76. The standard InChI is InChI=1S/C17H13FN2O4S/c18-14-7-1-2-9-16(14)25(22,23)20-19-17(21)13-6-3-5-12(11-13)15-8-4-10-24-15/h1-11,20H,(H,19,21). The van der Waals surface area contributed by atoms with Crippen LogP contribution >= 0.6 is 0 Å². The van der Waals surface area contributed by atoms with Crippen molar-refractivity contribution in [2.45, 2.75) is 4.90 Å². The van der Waals surface area contributed by atoms with Gasteiger partial charge in [0.1, 0.15) is 16.5 Å². The van der Waals surface area contributed by atoms with Gasteiger partial charge in [-0.15, -0.1) is 4.83 Å². The maximum Gasteiger partial charge on any atom is 0.266 e. The molecule has 25 heavy (non-hydrogen) atoms. The van der Waals surface area contributed by atoms with Crippen LogP contribution in [0.15, 0.2) is 76.2 Å². The van der Waals surface area contributed by atoms with Gasteiger partial charge in [0.15, 0.2) is 0 Å². The normalized spacial score (nSPS) is 11.2. The molecular formula is C17H13FN2O4S. The minimum atomic E-state index is -4.22. The summed E-state index contributed by atoms with van der Waals surface area (Å²) in [5, 5.41) is 0. The molecule has 0 radical (unpaired) electrons. The van der Waals surface area contributed by atoms with E-state index in [1.165, 1.54) is 24.5 Å². The van der Waals surface area contributed by atoms with Crippen LogP contribution in [-0.2, 0) is 10.0 Å². The van der Waals surface area contributed by atoms with Gasteiger partial charge >= 0.3 is 0 Å². The van der Waals surface area contributed by atoms with E-state index in [0.717, 1.165) is 12.1 Å². The van der Waals surface area contributed by atoms with Gasteiger partial charge in [0.05, 0.1) is 6.26 Å². The molecule has 128 valence electrons. The number of hydrogen-bond donors (Lipinski definition) is 2. The Hall–Kier alpha value is -2.97. The SMILES string of the molecule is O=C(NNS(=O)(=O)c1ccccc1F)c1cccc(-c2ccco2)c1. The van der Waals surface area contributed by atoms with Crippen molar-refractivity contribution in [1.29, 1.82) is 0 Å². The lowest BCUT2D eigenvalue weighted by atomic mass is 10.1. The lowest BCUT2D eigenvalue weighted by molar-refractivity contribution is 0.0945. The molecule has 0 aliphatic rings. The maximum atomic E-state index is 13.6. The Morgan fingerprint density at radius 2 is 1.80 bits per heavy atom. The largest absolute Gasteiger partial charge is 0.464 e. The highest BCUT2D eigenvalue weighted by Crippen LogP contribution is 2.20. The number of hydrogen-bond acceptors (Lipinski definition) is 4. The molecule has 2 aromatic carbocycles. The minimum Gasteiger partial charge on any atom is -0.464 e. The molecule has 1 aromatic heterocycles. The van der Waals surface area contributed by atoms with E-state index in [9.17, 15) is 17.6 Å². The van der Waals surface area contributed by atoms with E-state index >= 15 is 0 Å². The van der Waals surface area contributed by atoms with Crippen LogP contribution in [-0.4, -0.2) is 14.3 Å². The van der Waals surface area contributed by atoms with Crippen molar-refractivity contribution in [3.05, 3.63) is 78.3 Å². The van der Waals surface area contributed by atoms with Gasteiger partial charge < -0.3 is 4.42 Å². The Morgan fingerprint density at radius 3 is 2.52 bits per heavy atom. The van der Waals surface area contributed by atoms with E-state index in [1.54, 1.807) is 30.3 Å². The molecule has 0 bridgehead atoms. The van der Waals surface area contributed by atoms with E-state index < -0.39 is 26.6 Å². The first-order valence-corrected chi connectivity index (χ1v) is 8.66. The van der Waals surface area contributed by atoms with Crippen LogP contribution in [0.4, 0.5) is 4.39 Å². The molecule has 0 saturated carbocycles. The molecule has 0 aliphatic heterocycles. The van der Waals surface area contributed by atoms with Crippen LogP contribution in [0.5, 0.6) is 0 Å². The van der Waals surface area contributed by atoms with Gasteiger partial charge in [-0.1, -0.05) is 24.3 Å². The number of sulfonamides is 1. The number of carbonyl (C=O) groups excluding carboxylic acids is 1. The molecule has 0 spiro atoms. The Bertz CT molecular complexity index is 1000. The van der Waals surface area contributed by atoms with Crippen molar-refractivity contribution in [1.82, 2.24) is 10.3 Å². The second-order valence-electron chi connectivity index (χ2n) is 5.05. The molecule has 8 heteroatoms. The van der Waals surface area contributed by atoms with Crippen LogP contribution in [0.3, 0.4) is 0 Å². The Morgan fingerprint density at radius 1 is 1.00 bits per heavy atom. The van der Waals surface area contributed by atoms with E-state index in [1.807, 2.05) is 4.83 Å². The summed E-state index contributed by atoms with van der Waals surface area (Å²) in [6, 6.07) is 14.8. The van der Waals surface area contributed by atoms with Crippen molar-refractivity contribution >= 4 is 15.9 Å². The van der Waals surface area contributed by atoms with Crippen molar-refractivity contribution in [2.24, 2.45) is 0 Å². The van der Waals surface area contributed by atoms with Gasteiger partial charge in [-0.25, -0.2) is 12.8 Å². The zero-order chi connectivity index (χ0) is 17.9. The summed E-state index contributed by atoms with van der Waals surface area (Å²) in [6.07, 6.45) is 1.50. The third-order valence-electron chi connectivity index (χ3n) is 3.36. The average molecular weight is 360 g/mol. The van der Waals surface area contributed by atoms with Gasteiger partial charge in [0.25, 0.3) is 15.9 Å². The lowest BCUT2D eigenvalue weighted by Gasteiger charge is -2.09. The average Bonchev–Trinajstić information content (AvgIpc) is 3.15. The molecule has 1 amide bonds. The zero-order valence-corrected chi connectivity index (χ0v) is 13.6. The predicted octanol–water partition coefficient (Wildman–Crippen LogP) is 2.71. The zero-order valence-electron chi connectivity index (χ0n) is 12.8. The molecule has 6 nitrogen and oxygen atoms in total. The fraction of sp³-hybridized carbons (Fsp3) is 0. The molecule has 0 aliphatic carbocycles. The lowest BCUT2D eigenvalue weighted by Crippen LogP contribution is -2.41. The number of hydrazine groups is 1. The fourth-order valence-electron chi connectivity index (χ4n) is 2.16. The molecule has 0 unspecified atom stereocenters. The highest BCUT2D eigenvalue weighted by Gasteiger charge is 2.19. The molecular weight excluding hydrogens is 347 g/mol. The molecule has 0 atom stereocenters. The molecule has 3 aromatic rings. The molecule has 0 saturated heterocycles. The predicted molar refractivity (Wildman–Crippen MR) is 88.3 cm³/mol. The second kappa shape index (κ2) is 6.88. The Kier molecular flexibility index (Phi) is 4.64. The summed E-state index contributed by atoms with van der Waals surface area (Å²) in [5.41, 5.74) is 2.94. The summed E-state index contributed by atoms with van der Waals surface area (Å²) in [4.78, 5) is 13.5. The van der Waals surface area contributed by atoms with Gasteiger partial charge in [-0.3, -0.25) is 10.2 Å². The van der Waals surface area contributed by atoms with E-state index in [-0.39, 0.29) is 5.56 Å². The molecule has 0 fully saturated rings. The van der Waals surface area contributed by atoms with Crippen molar-refractivity contribution in [3.63, 3.8) is 0 Å². The quantitative estimate of drug-likeness (QED) is 0.685. The van der Waals surface area contributed by atoms with E-state index in [2.05, 4.69) is 5.43 Å². The first-order valence-electron chi connectivity index (χ1n) is 7.18. The monoisotopic (exact) mass is 360 g/mol. The number of nitrogens with one attached hydrogen (secondary N) is 2. The third-order valence-corrected chi connectivity index (χ3v) is 4.64. The number of carbonyl (C=O) groups is 1. The smallest absolute Gasteiger partial charge is 0.266 e. The van der Waals surface area contributed by atoms with Gasteiger partial charge in [-0.05, 0) is 36.4 Å². The summed E-state index contributed by atoms with van der Waals surface area (Å²) in [7, 11) is -4.22. The van der Waals surface area contributed by atoms with Crippen molar-refractivity contribution < 1.29 is 22.0 Å². The summed E-state index contributed by atoms with van der Waals surface area (Å²) < 4.78 is 43.0. The van der Waals surface area contributed by atoms with Gasteiger partial charge in [0, 0.05) is 11.1 Å². The van der Waals surface area contributed by atoms with E-state index in [0.29, 0.717) is 11.3 Å². The summed E-state index contributed by atoms with van der Waals surface area (Å²) >= 11 is 0. The number of rotatable bonds is 5. The van der Waals surface area contributed by atoms with Crippen LogP contribution in [0, 0.1) is 5.82 Å². The number of benzene rings is 2. The van der Waals surface area contributed by atoms with Crippen LogP contribution in [0.2, 0.25) is 0 Å². The number of halogens is 1. The van der Waals surface area contributed by atoms with Crippen LogP contribution < -0.4 is 10.3 Å². The number of furan rings is 1. The maximum absolute atomic E-state index is 13.6. The van der Waals surface area contributed by atoms with Crippen molar-refractivity contribution in [3.8, 4) is 11.3 Å². The topological polar surface area (TPSA) is 88.4 Å². The first-order chi connectivity index (χ1) is 12.0. The summed E-state index contributed by atoms with van der Waals surface area (Å²) in [5.74, 6) is -1.03. The second-order valence-corrected chi connectivity index (χ2v) is 6.70. The highest BCUT2D eigenvalue weighted by molar-refractivity contribution is 7.89. The molecule has 1 heterocycles. The fourth-order valence-corrected chi connectivity index (χ4v) is 3.08. The van der Waals surface area contributed by atoms with Gasteiger partial charge in [-0.2, -0.15) is 0 Å². The highest BCUT2D eigenvalue weighted by atomic mass is 32.2. The van der Waals surface area contributed by atoms with Crippen molar-refractivity contribution in [2.75, 3.05) is 0 Å². The summed E-state index contributed by atoms with van der Waals surface area (Å²) in [6.45, 7) is 0. The minimum absolute atomic E-state index is 0.213. The number of amides is 1. The van der Waals surface area contributed by atoms with Gasteiger partial charge in [0.2, 0.25) is 0 Å². The Balaban J connectivity index is 1.75.